The molecule has 0 fully saturated rings. The number of aliphatic carboxylic acids is 1. The molecule has 4 N–H and O–H groups in total. The molecule has 1 rings (SSSR count). The lowest BCUT2D eigenvalue weighted by atomic mass is 10.1. The van der Waals surface area contributed by atoms with Crippen molar-refractivity contribution in [2.75, 3.05) is 0 Å². The van der Waals surface area contributed by atoms with Crippen molar-refractivity contribution in [3.05, 3.63) is 22.2 Å². The van der Waals surface area contributed by atoms with Gasteiger partial charge < -0.3 is 20.4 Å². The highest BCUT2D eigenvalue weighted by Gasteiger charge is 2.24. The van der Waals surface area contributed by atoms with E-state index in [4.69, 9.17) is 10.2 Å². The molecule has 1 unspecified atom stereocenters. The fraction of sp³-hybridized carbons (Fsp3) is 0.125. The fourth-order valence-corrected chi connectivity index (χ4v) is 1.49. The Balaban J connectivity index is 3.32. The molecule has 1 aromatic rings. The average Bonchev–Trinajstić information content (AvgIpc) is 2.12. The van der Waals surface area contributed by atoms with E-state index in [9.17, 15) is 15.0 Å². The van der Waals surface area contributed by atoms with Crippen molar-refractivity contribution >= 4 is 21.9 Å². The molecule has 0 saturated carbocycles. The van der Waals surface area contributed by atoms with Gasteiger partial charge in [-0.05, 0) is 12.1 Å². The Kier molecular flexibility index (Phi) is 2.97. The van der Waals surface area contributed by atoms with Crippen LogP contribution >= 0.6 is 15.9 Å². The van der Waals surface area contributed by atoms with E-state index in [1.165, 1.54) is 12.1 Å². The quantitative estimate of drug-likeness (QED) is 0.596. The maximum absolute atomic E-state index is 10.5. The highest BCUT2D eigenvalue weighted by Crippen LogP contribution is 2.38. The summed E-state index contributed by atoms with van der Waals surface area (Å²) in [6.07, 6.45) is -1.88. The first kappa shape index (κ1) is 10.8. The maximum Gasteiger partial charge on any atom is 0.337 e. The van der Waals surface area contributed by atoms with Crippen molar-refractivity contribution < 1.29 is 25.2 Å². The van der Waals surface area contributed by atoms with Crippen LogP contribution in [-0.4, -0.2) is 26.4 Å². The number of carbonyl (C=O) groups is 1. The van der Waals surface area contributed by atoms with Crippen LogP contribution in [0.2, 0.25) is 0 Å². The Labute approximate surface area is 87.4 Å². The minimum absolute atomic E-state index is 0.211. The lowest BCUT2D eigenvalue weighted by molar-refractivity contribution is -0.147. The number of carboxylic acids is 1. The van der Waals surface area contributed by atoms with E-state index in [1.807, 2.05) is 0 Å². The van der Waals surface area contributed by atoms with E-state index in [-0.39, 0.29) is 10.0 Å². The predicted octanol–water partition coefficient (Wildman–Crippen LogP) is 0.978. The van der Waals surface area contributed by atoms with E-state index >= 15 is 0 Å². The molecule has 0 heterocycles. The molecule has 1 aromatic carbocycles. The lowest BCUT2D eigenvalue weighted by Crippen LogP contribution is -2.11. The lowest BCUT2D eigenvalue weighted by Gasteiger charge is -2.11. The first-order chi connectivity index (χ1) is 6.45. The van der Waals surface area contributed by atoms with Crippen molar-refractivity contribution in [3.63, 3.8) is 0 Å². The zero-order valence-corrected chi connectivity index (χ0v) is 8.39. The number of aliphatic hydroxyl groups excluding tert-OH is 1. The van der Waals surface area contributed by atoms with Gasteiger partial charge in [0, 0.05) is 4.47 Å². The summed E-state index contributed by atoms with van der Waals surface area (Å²) in [5, 5.41) is 36.1. The van der Waals surface area contributed by atoms with E-state index < -0.39 is 23.6 Å². The number of hydrogen-bond acceptors (Lipinski definition) is 4. The van der Waals surface area contributed by atoms with Gasteiger partial charge in [-0.1, -0.05) is 15.9 Å². The molecule has 0 saturated heterocycles. The molecule has 76 valence electrons. The highest BCUT2D eigenvalue weighted by atomic mass is 79.9. The van der Waals surface area contributed by atoms with Crippen LogP contribution in [0.1, 0.15) is 11.7 Å². The number of aromatic hydroxyl groups is 2. The van der Waals surface area contributed by atoms with Crippen LogP contribution in [-0.2, 0) is 4.79 Å². The van der Waals surface area contributed by atoms with Gasteiger partial charge >= 0.3 is 5.97 Å². The van der Waals surface area contributed by atoms with Gasteiger partial charge in [0.1, 0.15) is 0 Å². The van der Waals surface area contributed by atoms with Gasteiger partial charge in [-0.15, -0.1) is 0 Å². The Morgan fingerprint density at radius 3 is 2.43 bits per heavy atom. The summed E-state index contributed by atoms with van der Waals surface area (Å²) in [6, 6.07) is 2.51. The molecule has 6 heteroatoms. The number of rotatable bonds is 2. The largest absolute Gasteiger partial charge is 0.504 e. The topological polar surface area (TPSA) is 98.0 Å². The molecule has 0 aliphatic rings. The second-order valence-corrected chi connectivity index (χ2v) is 3.42. The van der Waals surface area contributed by atoms with E-state index in [0.29, 0.717) is 0 Å². The van der Waals surface area contributed by atoms with Gasteiger partial charge in [-0.25, -0.2) is 4.79 Å². The second-order valence-electron chi connectivity index (χ2n) is 2.57. The molecule has 0 spiro atoms. The fourth-order valence-electron chi connectivity index (χ4n) is 0.955. The molecule has 1 atom stereocenters. The van der Waals surface area contributed by atoms with Crippen LogP contribution in [0, 0.1) is 0 Å². The average molecular weight is 263 g/mol. The summed E-state index contributed by atoms with van der Waals surface area (Å²) in [4.78, 5) is 10.5. The zero-order chi connectivity index (χ0) is 10.9. The molecule has 0 bridgehead atoms. The molecule has 0 aliphatic heterocycles. The molecular formula is C8H7BrO5. The van der Waals surface area contributed by atoms with Gasteiger partial charge in [0.25, 0.3) is 0 Å². The number of hydrogen-bond donors (Lipinski definition) is 4. The van der Waals surface area contributed by atoms with E-state index in [1.54, 1.807) is 0 Å². The van der Waals surface area contributed by atoms with Gasteiger partial charge in [-0.3, -0.25) is 0 Å². The van der Waals surface area contributed by atoms with Crippen LogP contribution in [0.15, 0.2) is 16.6 Å². The van der Waals surface area contributed by atoms with Crippen LogP contribution in [0.5, 0.6) is 11.5 Å². The predicted molar refractivity (Wildman–Crippen MR) is 50.1 cm³/mol. The first-order valence-electron chi connectivity index (χ1n) is 3.56. The smallest absolute Gasteiger partial charge is 0.337 e. The van der Waals surface area contributed by atoms with Gasteiger partial charge in [0.15, 0.2) is 17.6 Å². The molecule has 14 heavy (non-hydrogen) atoms. The van der Waals surface area contributed by atoms with Crippen LogP contribution in [0.25, 0.3) is 0 Å². The summed E-state index contributed by atoms with van der Waals surface area (Å²) in [6.45, 7) is 0. The van der Waals surface area contributed by atoms with Crippen molar-refractivity contribution in [2.24, 2.45) is 0 Å². The summed E-state index contributed by atoms with van der Waals surface area (Å²) in [7, 11) is 0. The van der Waals surface area contributed by atoms with Crippen LogP contribution in [0.4, 0.5) is 0 Å². The van der Waals surface area contributed by atoms with Crippen molar-refractivity contribution in [1.29, 1.82) is 0 Å². The zero-order valence-electron chi connectivity index (χ0n) is 6.81. The standard InChI is InChI=1S/C8H7BrO5/c9-3-1-2-4(10)6(11)5(3)7(12)8(13)14/h1-2,7,10-12H,(H,13,14). The van der Waals surface area contributed by atoms with Crippen molar-refractivity contribution in [3.8, 4) is 11.5 Å². The summed E-state index contributed by atoms with van der Waals surface area (Å²) in [5.74, 6) is -2.63. The maximum atomic E-state index is 10.5. The van der Waals surface area contributed by atoms with E-state index in [0.717, 1.165) is 0 Å². The monoisotopic (exact) mass is 262 g/mol. The summed E-state index contributed by atoms with van der Waals surface area (Å²) < 4.78 is 0.211. The number of halogens is 1. The summed E-state index contributed by atoms with van der Waals surface area (Å²) in [5.41, 5.74) is -0.266. The molecule has 0 aromatic heterocycles. The second kappa shape index (κ2) is 3.85. The van der Waals surface area contributed by atoms with Crippen molar-refractivity contribution in [1.82, 2.24) is 0 Å². The third-order valence-electron chi connectivity index (χ3n) is 1.65. The number of aliphatic hydroxyl groups is 1. The van der Waals surface area contributed by atoms with Crippen molar-refractivity contribution in [2.45, 2.75) is 6.10 Å². The first-order valence-corrected chi connectivity index (χ1v) is 4.35. The third-order valence-corrected chi connectivity index (χ3v) is 2.34. The van der Waals surface area contributed by atoms with Gasteiger partial charge in [-0.2, -0.15) is 0 Å². The number of phenols is 2. The van der Waals surface area contributed by atoms with Gasteiger partial charge in [0.2, 0.25) is 0 Å². The number of benzene rings is 1. The Morgan fingerprint density at radius 1 is 1.36 bits per heavy atom. The minimum Gasteiger partial charge on any atom is -0.504 e. The Morgan fingerprint density at radius 2 is 1.93 bits per heavy atom. The van der Waals surface area contributed by atoms with Gasteiger partial charge in [0.05, 0.1) is 5.56 Å². The van der Waals surface area contributed by atoms with Crippen LogP contribution < -0.4 is 0 Å². The molecule has 0 aliphatic carbocycles. The molecule has 5 nitrogen and oxygen atoms in total. The van der Waals surface area contributed by atoms with E-state index in [2.05, 4.69) is 15.9 Å². The molecule has 0 amide bonds. The number of phenolic OH excluding ortho intramolecular Hbond substituents is 2. The summed E-state index contributed by atoms with van der Waals surface area (Å²) >= 11 is 2.96. The third kappa shape index (κ3) is 1.80. The Bertz CT molecular complexity index is 376. The molecule has 0 radical (unpaired) electrons. The SMILES string of the molecule is O=C(O)C(O)c1c(Br)ccc(O)c1O. The highest BCUT2D eigenvalue weighted by molar-refractivity contribution is 9.10. The minimum atomic E-state index is -1.88. The number of carboxylic acid groups (broad SMARTS) is 1. The normalized spacial score (nSPS) is 12.4. The molecular weight excluding hydrogens is 256 g/mol. The van der Waals surface area contributed by atoms with Crippen LogP contribution in [0.3, 0.4) is 0 Å². The Hall–Kier alpha value is -1.27.